The van der Waals surface area contributed by atoms with Gasteiger partial charge in [-0.25, -0.2) is 0 Å². The second-order valence-corrected chi connectivity index (χ2v) is 3.89. The van der Waals surface area contributed by atoms with Gasteiger partial charge in [0.25, 0.3) is 0 Å². The number of hydrogen-bond donors (Lipinski definition) is 0. The Hall–Kier alpha value is -1.30. The molecule has 0 amide bonds. The molecule has 0 saturated carbocycles. The van der Waals surface area contributed by atoms with Crippen LogP contribution in [0.2, 0.25) is 0 Å². The minimum absolute atomic E-state index is 1.04. The first-order chi connectivity index (χ1) is 7.11. The normalized spacial score (nSPS) is 11.6. The molecule has 0 spiro atoms. The van der Waals surface area contributed by atoms with Crippen LogP contribution in [0.3, 0.4) is 0 Å². The van der Waals surface area contributed by atoms with E-state index in [1.54, 1.807) is 0 Å². The summed E-state index contributed by atoms with van der Waals surface area (Å²) in [4.78, 5) is 0. The zero-order chi connectivity index (χ0) is 11.4. The van der Waals surface area contributed by atoms with E-state index in [9.17, 15) is 0 Å². The van der Waals surface area contributed by atoms with E-state index in [0.29, 0.717) is 0 Å². The van der Waals surface area contributed by atoms with Crippen molar-refractivity contribution in [3.8, 4) is 0 Å². The van der Waals surface area contributed by atoms with E-state index in [1.165, 1.54) is 27.8 Å². The van der Waals surface area contributed by atoms with Crippen molar-refractivity contribution in [3.05, 3.63) is 53.1 Å². The predicted octanol–water partition coefficient (Wildman–Crippen LogP) is 4.67. The minimum atomic E-state index is 1.04. The summed E-state index contributed by atoms with van der Waals surface area (Å²) < 4.78 is 0. The Morgan fingerprint density at radius 3 is 2.53 bits per heavy atom. The van der Waals surface area contributed by atoms with Crippen molar-refractivity contribution in [1.82, 2.24) is 0 Å². The molecular formula is C15H20. The summed E-state index contributed by atoms with van der Waals surface area (Å²) in [7, 11) is 0. The van der Waals surface area contributed by atoms with E-state index in [-0.39, 0.29) is 0 Å². The first kappa shape index (κ1) is 11.8. The van der Waals surface area contributed by atoms with Crippen molar-refractivity contribution in [1.29, 1.82) is 0 Å². The fourth-order valence-electron chi connectivity index (χ4n) is 1.84. The molecule has 1 aromatic rings. The standard InChI is InChI=1S/C15H20/c1-6-14(7-2)13(5)15-10-8-9-11(3)12(15)4/h6,8-10H,5,7H2,1-4H3/b14-6-. The minimum Gasteiger partial charge on any atom is -0.0909 e. The van der Waals surface area contributed by atoms with Crippen LogP contribution in [0.5, 0.6) is 0 Å². The molecule has 1 aromatic carbocycles. The summed E-state index contributed by atoms with van der Waals surface area (Å²) in [5, 5.41) is 0. The largest absolute Gasteiger partial charge is 0.0909 e. The van der Waals surface area contributed by atoms with Crippen LogP contribution in [-0.2, 0) is 0 Å². The molecule has 0 aliphatic rings. The summed E-state index contributed by atoms with van der Waals surface area (Å²) in [6.07, 6.45) is 3.20. The van der Waals surface area contributed by atoms with Gasteiger partial charge in [0.1, 0.15) is 0 Å². The third-order valence-electron chi connectivity index (χ3n) is 3.05. The molecule has 1 rings (SSSR count). The maximum Gasteiger partial charge on any atom is -0.0155 e. The Kier molecular flexibility index (Phi) is 3.90. The highest BCUT2D eigenvalue weighted by molar-refractivity contribution is 5.79. The molecule has 0 atom stereocenters. The zero-order valence-corrected chi connectivity index (χ0v) is 10.2. The van der Waals surface area contributed by atoms with Gasteiger partial charge in [-0.15, -0.1) is 0 Å². The molecule has 0 bridgehead atoms. The maximum absolute atomic E-state index is 4.20. The van der Waals surface area contributed by atoms with E-state index < -0.39 is 0 Å². The highest BCUT2D eigenvalue weighted by Gasteiger charge is 2.06. The molecule has 0 fully saturated rings. The SMILES string of the molecule is C=C(/C(=C\C)CC)c1cccc(C)c1C. The van der Waals surface area contributed by atoms with Crippen LogP contribution < -0.4 is 0 Å². The topological polar surface area (TPSA) is 0 Å². The van der Waals surface area contributed by atoms with Crippen molar-refractivity contribution < 1.29 is 0 Å². The quantitative estimate of drug-likeness (QED) is 0.622. The number of hydrogen-bond acceptors (Lipinski definition) is 0. The number of aryl methyl sites for hydroxylation is 1. The van der Waals surface area contributed by atoms with Crippen molar-refractivity contribution in [2.75, 3.05) is 0 Å². The average Bonchev–Trinajstić information content (AvgIpc) is 2.23. The smallest absolute Gasteiger partial charge is 0.0155 e. The van der Waals surface area contributed by atoms with E-state index >= 15 is 0 Å². The Labute approximate surface area is 93.3 Å². The van der Waals surface area contributed by atoms with Gasteiger partial charge in [0, 0.05) is 0 Å². The summed E-state index contributed by atoms with van der Waals surface area (Å²) >= 11 is 0. The third kappa shape index (κ3) is 2.38. The molecule has 0 aliphatic heterocycles. The Balaban J connectivity index is 3.17. The molecule has 0 heteroatoms. The fourth-order valence-corrected chi connectivity index (χ4v) is 1.84. The third-order valence-corrected chi connectivity index (χ3v) is 3.05. The van der Waals surface area contributed by atoms with Crippen LogP contribution >= 0.6 is 0 Å². The van der Waals surface area contributed by atoms with Gasteiger partial charge in [-0.3, -0.25) is 0 Å². The van der Waals surface area contributed by atoms with E-state index in [0.717, 1.165) is 6.42 Å². The van der Waals surface area contributed by atoms with Gasteiger partial charge in [0.2, 0.25) is 0 Å². The number of benzene rings is 1. The lowest BCUT2D eigenvalue weighted by Gasteiger charge is -2.13. The van der Waals surface area contributed by atoms with Gasteiger partial charge in [-0.05, 0) is 55.0 Å². The molecule has 0 aromatic heterocycles. The molecule has 0 N–H and O–H groups in total. The molecule has 15 heavy (non-hydrogen) atoms. The number of rotatable bonds is 3. The summed E-state index contributed by atoms with van der Waals surface area (Å²) in [6.45, 7) is 12.8. The van der Waals surface area contributed by atoms with Crippen LogP contribution in [0.15, 0.2) is 36.4 Å². The molecule has 0 saturated heterocycles. The van der Waals surface area contributed by atoms with Crippen molar-refractivity contribution in [2.45, 2.75) is 34.1 Å². The van der Waals surface area contributed by atoms with Crippen molar-refractivity contribution in [2.24, 2.45) is 0 Å². The van der Waals surface area contributed by atoms with E-state index in [2.05, 4.69) is 58.5 Å². The van der Waals surface area contributed by atoms with Crippen molar-refractivity contribution in [3.63, 3.8) is 0 Å². The second kappa shape index (κ2) is 4.97. The Morgan fingerprint density at radius 2 is 2.00 bits per heavy atom. The van der Waals surface area contributed by atoms with Crippen LogP contribution in [0, 0.1) is 13.8 Å². The van der Waals surface area contributed by atoms with Gasteiger partial charge in [0.05, 0.1) is 0 Å². The van der Waals surface area contributed by atoms with Crippen LogP contribution in [0.25, 0.3) is 5.57 Å². The van der Waals surface area contributed by atoms with Crippen molar-refractivity contribution >= 4 is 5.57 Å². The molecule has 80 valence electrons. The average molecular weight is 200 g/mol. The first-order valence-corrected chi connectivity index (χ1v) is 5.52. The monoisotopic (exact) mass is 200 g/mol. The molecule has 0 unspecified atom stereocenters. The molecule has 0 heterocycles. The van der Waals surface area contributed by atoms with E-state index in [1.807, 2.05) is 0 Å². The lowest BCUT2D eigenvalue weighted by Crippen LogP contribution is -1.93. The summed E-state index contributed by atoms with van der Waals surface area (Å²) in [5.74, 6) is 0. The van der Waals surface area contributed by atoms with Crippen LogP contribution in [0.1, 0.15) is 37.0 Å². The van der Waals surface area contributed by atoms with Crippen LogP contribution in [0.4, 0.5) is 0 Å². The summed E-state index contributed by atoms with van der Waals surface area (Å²) in [6, 6.07) is 6.41. The first-order valence-electron chi connectivity index (χ1n) is 5.52. The molecule has 0 nitrogen and oxygen atoms in total. The predicted molar refractivity (Wildman–Crippen MR) is 69.0 cm³/mol. The number of allylic oxidation sites excluding steroid dienone is 3. The van der Waals surface area contributed by atoms with Crippen LogP contribution in [-0.4, -0.2) is 0 Å². The highest BCUT2D eigenvalue weighted by atomic mass is 14.1. The molecular weight excluding hydrogens is 180 g/mol. The van der Waals surface area contributed by atoms with Gasteiger partial charge < -0.3 is 0 Å². The van der Waals surface area contributed by atoms with Gasteiger partial charge in [-0.2, -0.15) is 0 Å². The zero-order valence-electron chi connectivity index (χ0n) is 10.2. The van der Waals surface area contributed by atoms with Gasteiger partial charge in [0.15, 0.2) is 0 Å². The van der Waals surface area contributed by atoms with Gasteiger partial charge in [-0.1, -0.05) is 37.8 Å². The molecule has 0 aliphatic carbocycles. The highest BCUT2D eigenvalue weighted by Crippen LogP contribution is 2.27. The van der Waals surface area contributed by atoms with Gasteiger partial charge >= 0.3 is 0 Å². The van der Waals surface area contributed by atoms with E-state index in [4.69, 9.17) is 0 Å². The molecule has 0 radical (unpaired) electrons. The Morgan fingerprint density at radius 1 is 1.33 bits per heavy atom. The lowest BCUT2D eigenvalue weighted by molar-refractivity contribution is 1.15. The second-order valence-electron chi connectivity index (χ2n) is 3.89. The maximum atomic E-state index is 4.20. The fraction of sp³-hybridized carbons (Fsp3) is 0.333. The summed E-state index contributed by atoms with van der Waals surface area (Å²) in [5.41, 5.74) is 6.46. The lowest BCUT2D eigenvalue weighted by atomic mass is 9.92. The Bertz CT molecular complexity index is 394.